The van der Waals surface area contributed by atoms with E-state index in [2.05, 4.69) is 5.32 Å². The normalized spacial score (nSPS) is 18.2. The monoisotopic (exact) mass is 537 g/mol. The fourth-order valence-corrected chi connectivity index (χ4v) is 6.46. The van der Waals surface area contributed by atoms with Crippen molar-refractivity contribution in [1.82, 2.24) is 10.2 Å². The Balaban J connectivity index is 1.43. The molecule has 37 heavy (non-hydrogen) atoms. The summed E-state index contributed by atoms with van der Waals surface area (Å²) in [5.74, 6) is 1.12. The van der Waals surface area contributed by atoms with Crippen LogP contribution in [-0.4, -0.2) is 51.8 Å². The van der Waals surface area contributed by atoms with Crippen LogP contribution in [0.2, 0.25) is 0 Å². The highest BCUT2D eigenvalue weighted by Gasteiger charge is 2.27. The van der Waals surface area contributed by atoms with Crippen molar-refractivity contribution in [3.05, 3.63) is 59.7 Å². The zero-order valence-corrected chi connectivity index (χ0v) is 23.0. The number of carbonyl (C=O) groups is 3. The molecule has 2 aromatic rings. The van der Waals surface area contributed by atoms with E-state index in [9.17, 15) is 14.4 Å². The lowest BCUT2D eigenvalue weighted by Crippen LogP contribution is -2.39. The van der Waals surface area contributed by atoms with E-state index in [1.54, 1.807) is 40.9 Å². The first-order chi connectivity index (χ1) is 18.0. The van der Waals surface area contributed by atoms with Gasteiger partial charge in [0.05, 0.1) is 17.0 Å². The number of hydrogen-bond donors (Lipinski definition) is 1. The molecule has 1 aliphatic heterocycles. The highest BCUT2D eigenvalue weighted by Crippen LogP contribution is 2.28. The molecule has 0 bridgehead atoms. The molecular formula is C29H35N3O3S2. The smallest absolute Gasteiger partial charge is 0.260 e. The average molecular weight is 538 g/mol. The molecular weight excluding hydrogens is 502 g/mol. The molecule has 0 radical (unpaired) electrons. The van der Waals surface area contributed by atoms with Gasteiger partial charge in [-0.05, 0) is 62.6 Å². The predicted molar refractivity (Wildman–Crippen MR) is 153 cm³/mol. The molecule has 1 heterocycles. The maximum atomic E-state index is 13.7. The van der Waals surface area contributed by atoms with Gasteiger partial charge in [0.25, 0.3) is 5.91 Å². The minimum Gasteiger partial charge on any atom is -0.353 e. The number of ketones is 1. The summed E-state index contributed by atoms with van der Waals surface area (Å²) in [5, 5.41) is 3.88. The van der Waals surface area contributed by atoms with Gasteiger partial charge in [0.15, 0.2) is 11.0 Å². The lowest BCUT2D eigenvalue weighted by molar-refractivity contribution is -0.119. The Labute approximate surface area is 228 Å². The molecule has 0 spiro atoms. The number of aliphatic imine (C=N–C) groups is 1. The van der Waals surface area contributed by atoms with Crippen molar-refractivity contribution in [3.63, 3.8) is 0 Å². The SMILES string of the molecule is CC(=O)c1ccc(N=C2SCCCN2C(=O)c2ccccc2SCC(=O)NC2CCCCCCC2)cc1. The third kappa shape index (κ3) is 7.95. The number of benzene rings is 2. The third-order valence-electron chi connectivity index (χ3n) is 6.68. The van der Waals surface area contributed by atoms with Crippen LogP contribution >= 0.6 is 23.5 Å². The van der Waals surface area contributed by atoms with Crippen LogP contribution in [0.1, 0.15) is 79.0 Å². The number of carbonyl (C=O) groups excluding carboxylic acids is 3. The Morgan fingerprint density at radius 3 is 2.41 bits per heavy atom. The van der Waals surface area contributed by atoms with Crippen molar-refractivity contribution < 1.29 is 14.4 Å². The summed E-state index contributed by atoms with van der Waals surface area (Å²) in [6, 6.07) is 14.9. The van der Waals surface area contributed by atoms with Crippen LogP contribution in [0, 0.1) is 0 Å². The Morgan fingerprint density at radius 1 is 0.973 bits per heavy atom. The molecule has 196 valence electrons. The van der Waals surface area contributed by atoms with Gasteiger partial charge in [0.1, 0.15) is 0 Å². The van der Waals surface area contributed by atoms with Crippen molar-refractivity contribution in [2.75, 3.05) is 18.1 Å². The summed E-state index contributed by atoms with van der Waals surface area (Å²) >= 11 is 2.98. The van der Waals surface area contributed by atoms with Crippen LogP contribution < -0.4 is 5.32 Å². The Kier molecular flexibility index (Phi) is 10.3. The number of hydrogen-bond acceptors (Lipinski definition) is 6. The molecule has 2 amide bonds. The van der Waals surface area contributed by atoms with Gasteiger partial charge in [-0.3, -0.25) is 19.3 Å². The summed E-state index contributed by atoms with van der Waals surface area (Å²) in [6.07, 6.45) is 9.14. The van der Waals surface area contributed by atoms with Crippen molar-refractivity contribution in [2.24, 2.45) is 4.99 Å². The first kappa shape index (κ1) is 27.5. The molecule has 6 nitrogen and oxygen atoms in total. The number of amidine groups is 1. The van der Waals surface area contributed by atoms with Crippen LogP contribution in [0.25, 0.3) is 0 Å². The first-order valence-electron chi connectivity index (χ1n) is 13.2. The van der Waals surface area contributed by atoms with Crippen LogP contribution in [0.4, 0.5) is 5.69 Å². The molecule has 1 saturated heterocycles. The lowest BCUT2D eigenvalue weighted by Gasteiger charge is -2.28. The summed E-state index contributed by atoms with van der Waals surface area (Å²) in [6.45, 7) is 2.13. The van der Waals surface area contributed by atoms with E-state index in [1.165, 1.54) is 50.8 Å². The summed E-state index contributed by atoms with van der Waals surface area (Å²) in [5.41, 5.74) is 1.94. The third-order valence-corrected chi connectivity index (χ3v) is 8.81. The van der Waals surface area contributed by atoms with Gasteiger partial charge in [-0.15, -0.1) is 11.8 Å². The van der Waals surface area contributed by atoms with Crippen LogP contribution in [0.3, 0.4) is 0 Å². The minimum absolute atomic E-state index is 0.00975. The van der Waals surface area contributed by atoms with E-state index in [0.29, 0.717) is 34.3 Å². The van der Waals surface area contributed by atoms with Crippen LogP contribution in [0.15, 0.2) is 58.4 Å². The second-order valence-corrected chi connectivity index (χ2v) is 11.6. The average Bonchev–Trinajstić information content (AvgIpc) is 2.89. The van der Waals surface area contributed by atoms with Crippen molar-refractivity contribution in [3.8, 4) is 0 Å². The van der Waals surface area contributed by atoms with E-state index in [1.807, 2.05) is 24.3 Å². The Hall–Kier alpha value is -2.58. The molecule has 2 aliphatic rings. The number of rotatable bonds is 7. The van der Waals surface area contributed by atoms with Gasteiger partial charge in [-0.1, -0.05) is 56.0 Å². The fourth-order valence-electron chi connectivity index (χ4n) is 4.65. The number of thioether (sulfide) groups is 2. The van der Waals surface area contributed by atoms with E-state index in [-0.39, 0.29) is 23.6 Å². The Morgan fingerprint density at radius 2 is 1.68 bits per heavy atom. The molecule has 0 atom stereocenters. The largest absolute Gasteiger partial charge is 0.353 e. The van der Waals surface area contributed by atoms with Gasteiger partial charge >= 0.3 is 0 Å². The lowest BCUT2D eigenvalue weighted by atomic mass is 9.97. The molecule has 2 aromatic carbocycles. The minimum atomic E-state index is -0.102. The molecule has 0 aromatic heterocycles. The maximum absolute atomic E-state index is 13.7. The zero-order chi connectivity index (χ0) is 26.0. The van der Waals surface area contributed by atoms with E-state index >= 15 is 0 Å². The topological polar surface area (TPSA) is 78.8 Å². The summed E-state index contributed by atoms with van der Waals surface area (Å²) < 4.78 is 0. The number of nitrogens with zero attached hydrogens (tertiary/aromatic N) is 2. The number of amides is 2. The van der Waals surface area contributed by atoms with Gasteiger partial charge in [0, 0.05) is 28.8 Å². The first-order valence-corrected chi connectivity index (χ1v) is 15.1. The van der Waals surface area contributed by atoms with Gasteiger partial charge in [-0.25, -0.2) is 4.99 Å². The highest BCUT2D eigenvalue weighted by atomic mass is 32.2. The zero-order valence-electron chi connectivity index (χ0n) is 21.4. The van der Waals surface area contributed by atoms with E-state index < -0.39 is 0 Å². The van der Waals surface area contributed by atoms with Crippen molar-refractivity contribution in [1.29, 1.82) is 0 Å². The molecule has 1 saturated carbocycles. The molecule has 1 N–H and O–H groups in total. The standard InChI is InChI=1S/C29H35N3O3S2/c1-21(33)22-14-16-24(17-15-22)31-29-32(18-9-19-36-29)28(35)25-12-7-8-13-26(25)37-20-27(34)30-23-10-5-3-2-4-6-11-23/h7-8,12-17,23H,2-6,9-11,18-20H2,1H3,(H,30,34). The fraction of sp³-hybridized carbons (Fsp3) is 0.448. The number of nitrogens with one attached hydrogen (secondary N) is 1. The highest BCUT2D eigenvalue weighted by molar-refractivity contribution is 8.13. The maximum Gasteiger partial charge on any atom is 0.260 e. The van der Waals surface area contributed by atoms with Gasteiger partial charge in [0.2, 0.25) is 5.91 Å². The predicted octanol–water partition coefficient (Wildman–Crippen LogP) is 6.48. The molecule has 4 rings (SSSR count). The Bertz CT molecular complexity index is 1130. The number of Topliss-reactive ketones (excluding diaryl/α,β-unsaturated/α-hetero) is 1. The summed E-state index contributed by atoms with van der Waals surface area (Å²) in [4.78, 5) is 45.2. The van der Waals surface area contributed by atoms with E-state index in [4.69, 9.17) is 4.99 Å². The van der Waals surface area contributed by atoms with E-state index in [0.717, 1.165) is 29.9 Å². The molecule has 8 heteroatoms. The molecule has 2 fully saturated rings. The van der Waals surface area contributed by atoms with Crippen molar-refractivity contribution in [2.45, 2.75) is 69.2 Å². The second kappa shape index (κ2) is 13.8. The van der Waals surface area contributed by atoms with Gasteiger partial charge in [-0.2, -0.15) is 0 Å². The molecule has 0 unspecified atom stereocenters. The van der Waals surface area contributed by atoms with Crippen LogP contribution in [0.5, 0.6) is 0 Å². The van der Waals surface area contributed by atoms with Crippen molar-refractivity contribution >= 4 is 52.0 Å². The molecule has 1 aliphatic carbocycles. The quantitative estimate of drug-likeness (QED) is 0.323. The van der Waals surface area contributed by atoms with Crippen LogP contribution in [-0.2, 0) is 4.79 Å². The summed E-state index contributed by atoms with van der Waals surface area (Å²) in [7, 11) is 0. The van der Waals surface area contributed by atoms with Gasteiger partial charge < -0.3 is 5.32 Å². The second-order valence-electron chi connectivity index (χ2n) is 9.55.